The summed E-state index contributed by atoms with van der Waals surface area (Å²) in [5.74, 6) is -0.390. The molecular weight excluding hydrogens is 438 g/mol. The van der Waals surface area contributed by atoms with Gasteiger partial charge in [0.05, 0.1) is 17.4 Å². The number of nitrogens with zero attached hydrogens (tertiary/aromatic N) is 5. The molecule has 1 aliphatic heterocycles. The maximum Gasteiger partial charge on any atom is 0.338 e. The second-order valence-corrected chi connectivity index (χ2v) is 7.56. The van der Waals surface area contributed by atoms with Crippen LogP contribution in [0.15, 0.2) is 58.4 Å². The predicted molar refractivity (Wildman–Crippen MR) is 111 cm³/mol. The Morgan fingerprint density at radius 2 is 2.21 bits per heavy atom. The number of benzene rings is 1. The molecule has 2 aromatic heterocycles. The van der Waals surface area contributed by atoms with Crippen LogP contribution < -0.4 is 0 Å². The van der Waals surface area contributed by atoms with E-state index in [-0.39, 0.29) is 12.1 Å². The van der Waals surface area contributed by atoms with E-state index >= 15 is 0 Å². The normalized spacial score (nSPS) is 21.1. The van der Waals surface area contributed by atoms with Crippen LogP contribution in [0.1, 0.15) is 36.4 Å². The Hall–Kier alpha value is -2.87. The van der Waals surface area contributed by atoms with Crippen molar-refractivity contribution in [2.45, 2.75) is 38.2 Å². The van der Waals surface area contributed by atoms with Crippen LogP contribution in [0.4, 0.5) is 5.69 Å². The van der Waals surface area contributed by atoms with Crippen molar-refractivity contribution in [2.24, 2.45) is 5.11 Å². The zero-order chi connectivity index (χ0) is 20.4. The molecule has 0 radical (unpaired) electrons. The van der Waals surface area contributed by atoms with E-state index < -0.39 is 12.3 Å². The molecule has 9 heteroatoms. The number of carbonyl (C=O) groups excluding carboxylic acids is 1. The number of carbonyl (C=O) groups is 1. The van der Waals surface area contributed by atoms with E-state index in [1.807, 2.05) is 23.8 Å². The van der Waals surface area contributed by atoms with Gasteiger partial charge in [-0.15, -0.1) is 0 Å². The molecule has 0 bridgehead atoms. The van der Waals surface area contributed by atoms with Gasteiger partial charge in [0.25, 0.3) is 0 Å². The van der Waals surface area contributed by atoms with Gasteiger partial charge in [-0.2, -0.15) is 0 Å². The molecule has 0 aliphatic carbocycles. The molecule has 0 spiro atoms. The molecule has 8 nitrogen and oxygen atoms in total. The zero-order valence-corrected chi connectivity index (χ0v) is 17.2. The summed E-state index contributed by atoms with van der Waals surface area (Å²) in [5.41, 5.74) is 10.4. The van der Waals surface area contributed by atoms with Crippen LogP contribution in [0.5, 0.6) is 0 Å². The number of rotatable bonds is 5. The van der Waals surface area contributed by atoms with E-state index in [1.165, 1.54) is 0 Å². The first-order chi connectivity index (χ1) is 14.1. The van der Waals surface area contributed by atoms with Gasteiger partial charge in [0, 0.05) is 33.6 Å². The Morgan fingerprint density at radius 3 is 2.93 bits per heavy atom. The average Bonchev–Trinajstić information content (AvgIpc) is 3.30. The van der Waals surface area contributed by atoms with Crippen molar-refractivity contribution in [3.63, 3.8) is 0 Å². The number of hydrogen-bond acceptors (Lipinski definition) is 5. The van der Waals surface area contributed by atoms with Crippen molar-refractivity contribution < 1.29 is 14.3 Å². The lowest BCUT2D eigenvalue weighted by atomic mass is 10.1. The first-order valence-corrected chi connectivity index (χ1v) is 10.0. The second kappa shape index (κ2) is 8.24. The molecule has 1 aromatic carbocycles. The van der Waals surface area contributed by atoms with E-state index in [4.69, 9.17) is 15.0 Å². The number of esters is 1. The van der Waals surface area contributed by atoms with Crippen molar-refractivity contribution in [3.8, 4) is 0 Å². The number of azide groups is 1. The third kappa shape index (κ3) is 3.72. The summed E-state index contributed by atoms with van der Waals surface area (Å²) in [6.07, 6.45) is 3.74. The topological polar surface area (TPSA) is 102 Å². The summed E-state index contributed by atoms with van der Waals surface area (Å²) in [6, 6.07) is 10.5. The molecule has 29 heavy (non-hydrogen) atoms. The number of ether oxygens (including phenoxy) is 2. The first kappa shape index (κ1) is 19.4. The smallest absolute Gasteiger partial charge is 0.338 e. The van der Waals surface area contributed by atoms with Crippen LogP contribution in [0, 0.1) is 0 Å². The van der Waals surface area contributed by atoms with Gasteiger partial charge < -0.3 is 14.0 Å². The summed E-state index contributed by atoms with van der Waals surface area (Å²) < 4.78 is 14.6. The highest BCUT2D eigenvalue weighted by atomic mass is 79.9. The molecule has 3 atom stereocenters. The molecule has 0 amide bonds. The molecule has 148 valence electrons. The maximum atomic E-state index is 12.6. The van der Waals surface area contributed by atoms with E-state index in [2.05, 4.69) is 30.9 Å². The van der Waals surface area contributed by atoms with Crippen molar-refractivity contribution >= 4 is 38.6 Å². The van der Waals surface area contributed by atoms with Crippen LogP contribution in [0.25, 0.3) is 21.5 Å². The largest absolute Gasteiger partial charge is 0.454 e. The Bertz CT molecular complexity index is 1090. The minimum absolute atomic E-state index is 0.0369. The number of halogens is 1. The van der Waals surface area contributed by atoms with Gasteiger partial charge in [-0.05, 0) is 46.1 Å². The molecular formula is C20H18BrN5O3. The molecule has 1 fully saturated rings. The Kier molecular flexibility index (Phi) is 5.53. The van der Waals surface area contributed by atoms with Gasteiger partial charge in [-0.25, -0.2) is 9.78 Å². The summed E-state index contributed by atoms with van der Waals surface area (Å²) in [7, 11) is 0. The van der Waals surface area contributed by atoms with E-state index in [1.54, 1.807) is 36.5 Å². The summed E-state index contributed by atoms with van der Waals surface area (Å²) in [5, 5.41) is 4.43. The molecule has 0 unspecified atom stereocenters. The second-order valence-electron chi connectivity index (χ2n) is 6.70. The average molecular weight is 456 g/mol. The standard InChI is InChI=1S/C20H18BrN5O3/c1-2-13-10-16(29-20(27)12-6-4-3-5-7-12)19(28-13)26-11-14(21)17-15(24-25-22)8-9-23-18(17)26/h3-9,11,13,16,19H,2,10H2,1H3/t13-,16-,19-/m1/s1. The minimum atomic E-state index is -0.532. The molecule has 0 N–H and O–H groups in total. The van der Waals surface area contributed by atoms with Gasteiger partial charge in [0.2, 0.25) is 0 Å². The van der Waals surface area contributed by atoms with Gasteiger partial charge in [-0.3, -0.25) is 0 Å². The number of fused-ring (bicyclic) bond motifs is 1. The van der Waals surface area contributed by atoms with E-state index in [0.717, 1.165) is 10.9 Å². The lowest BCUT2D eigenvalue weighted by molar-refractivity contribution is -0.0465. The predicted octanol–water partition coefficient (Wildman–Crippen LogP) is 5.66. The highest BCUT2D eigenvalue weighted by Gasteiger charge is 2.39. The monoisotopic (exact) mass is 455 g/mol. The first-order valence-electron chi connectivity index (χ1n) is 9.24. The van der Waals surface area contributed by atoms with Crippen LogP contribution in [-0.4, -0.2) is 27.7 Å². The molecule has 0 saturated carbocycles. The zero-order valence-electron chi connectivity index (χ0n) is 15.6. The number of aromatic nitrogens is 2. The molecule has 3 heterocycles. The molecule has 1 saturated heterocycles. The fourth-order valence-corrected chi connectivity index (χ4v) is 4.15. The lowest BCUT2D eigenvalue weighted by Gasteiger charge is -2.21. The molecule has 1 aliphatic rings. The summed E-state index contributed by atoms with van der Waals surface area (Å²) >= 11 is 3.52. The van der Waals surface area contributed by atoms with Gasteiger partial charge in [0.15, 0.2) is 6.23 Å². The van der Waals surface area contributed by atoms with Crippen LogP contribution >= 0.6 is 15.9 Å². The fraction of sp³-hybridized carbons (Fsp3) is 0.300. The lowest BCUT2D eigenvalue weighted by Crippen LogP contribution is -2.25. The van der Waals surface area contributed by atoms with Crippen molar-refractivity contribution in [1.82, 2.24) is 9.55 Å². The third-order valence-electron chi connectivity index (χ3n) is 4.94. The van der Waals surface area contributed by atoms with Crippen LogP contribution in [-0.2, 0) is 9.47 Å². The quantitative estimate of drug-likeness (QED) is 0.214. The summed E-state index contributed by atoms with van der Waals surface area (Å²) in [6.45, 7) is 2.03. The Balaban J connectivity index is 1.71. The Labute approximate surface area is 175 Å². The van der Waals surface area contributed by atoms with Crippen LogP contribution in [0.3, 0.4) is 0 Å². The summed E-state index contributed by atoms with van der Waals surface area (Å²) in [4.78, 5) is 19.9. The number of hydrogen-bond donors (Lipinski definition) is 0. The fourth-order valence-electron chi connectivity index (χ4n) is 3.55. The Morgan fingerprint density at radius 1 is 1.41 bits per heavy atom. The van der Waals surface area contributed by atoms with Gasteiger partial charge in [0.1, 0.15) is 11.8 Å². The maximum absolute atomic E-state index is 12.6. The highest BCUT2D eigenvalue weighted by Crippen LogP contribution is 2.40. The van der Waals surface area contributed by atoms with Gasteiger partial charge >= 0.3 is 5.97 Å². The van der Waals surface area contributed by atoms with Crippen molar-refractivity contribution in [1.29, 1.82) is 0 Å². The SMILES string of the molecule is CC[C@@H]1C[C@@H](OC(=O)c2ccccc2)[C@H](n2cc(Br)c3c(N=[N+]=[N-])ccnc32)O1. The van der Waals surface area contributed by atoms with Crippen molar-refractivity contribution in [2.75, 3.05) is 0 Å². The molecule has 3 aromatic rings. The minimum Gasteiger partial charge on any atom is -0.454 e. The van der Waals surface area contributed by atoms with Crippen molar-refractivity contribution in [3.05, 3.63) is 69.3 Å². The van der Waals surface area contributed by atoms with E-state index in [9.17, 15) is 4.79 Å². The number of pyridine rings is 1. The molecule has 4 rings (SSSR count). The highest BCUT2D eigenvalue weighted by molar-refractivity contribution is 9.10. The van der Waals surface area contributed by atoms with Crippen LogP contribution in [0.2, 0.25) is 0 Å². The van der Waals surface area contributed by atoms with E-state index in [0.29, 0.717) is 28.7 Å². The van der Waals surface area contributed by atoms with Gasteiger partial charge in [-0.1, -0.05) is 30.2 Å². The third-order valence-corrected chi connectivity index (χ3v) is 5.54.